The number of ether oxygens (including phenoxy) is 1. The first-order valence-electron chi connectivity index (χ1n) is 16.9. The molecule has 7 atom stereocenters. The minimum atomic E-state index is -0.905. The van der Waals surface area contributed by atoms with Crippen LogP contribution in [0, 0.1) is 17.8 Å². The molecule has 0 saturated carbocycles. The summed E-state index contributed by atoms with van der Waals surface area (Å²) in [7, 11) is 1.59. The van der Waals surface area contributed by atoms with Gasteiger partial charge in [-0.15, -0.1) is 24.9 Å². The van der Waals surface area contributed by atoms with E-state index in [1.165, 1.54) is 0 Å². The van der Waals surface area contributed by atoms with Gasteiger partial charge in [0, 0.05) is 30.6 Å². The summed E-state index contributed by atoms with van der Waals surface area (Å²) >= 11 is 1.64. The molecule has 3 heterocycles. The minimum absolute atomic E-state index is 0.0288. The number of carbonyl (C=O) groups is 3. The van der Waals surface area contributed by atoms with Crippen LogP contribution in [-0.4, -0.2) is 81.5 Å². The second-order valence-electron chi connectivity index (χ2n) is 13.3. The van der Waals surface area contributed by atoms with Crippen LogP contribution in [0.25, 0.3) is 0 Å². The number of fused-ring (bicyclic) bond motifs is 1. The van der Waals surface area contributed by atoms with E-state index < -0.39 is 28.7 Å². The molecule has 1 N–H and O–H groups in total. The smallest absolute Gasteiger partial charge is 0.251 e. The van der Waals surface area contributed by atoms with Crippen LogP contribution in [-0.2, 0) is 27.3 Å². The molecule has 8 nitrogen and oxygen atoms in total. The fraction of sp³-hybridized carbons (Fsp3) is 0.375. The summed E-state index contributed by atoms with van der Waals surface area (Å²) in [6.07, 6.45) is 4.48. The number of carbonyl (C=O) groups excluding carboxylic acids is 3. The van der Waals surface area contributed by atoms with E-state index in [1.54, 1.807) is 57.9 Å². The summed E-state index contributed by atoms with van der Waals surface area (Å²) in [5, 5.41) is 10.8. The number of likely N-dealkylation sites (tertiary alicyclic amines) is 1. The van der Waals surface area contributed by atoms with Crippen LogP contribution >= 0.6 is 11.8 Å². The molecule has 9 heteroatoms. The zero-order valence-corrected chi connectivity index (χ0v) is 29.0. The van der Waals surface area contributed by atoms with E-state index in [0.717, 1.165) is 11.1 Å². The third-order valence-electron chi connectivity index (χ3n) is 10.5. The SMILES string of the molecule is C=CCN(Cc1ccccc1)C(=O)[C@@H]1[C@@H]2CC(C)C3(S2)C(C(=O)N(CC=C)c2ccc(OC)cc2)N([C@@H](CO)Cc2ccccc2)C(=O)[C@H]13. The quantitative estimate of drug-likeness (QED) is 0.231. The first kappa shape index (κ1) is 34.5. The lowest BCUT2D eigenvalue weighted by Gasteiger charge is -2.42. The van der Waals surface area contributed by atoms with Gasteiger partial charge in [0.15, 0.2) is 0 Å². The van der Waals surface area contributed by atoms with Crippen LogP contribution in [0.1, 0.15) is 24.5 Å². The van der Waals surface area contributed by atoms with Crippen molar-refractivity contribution in [2.75, 3.05) is 31.7 Å². The van der Waals surface area contributed by atoms with E-state index in [0.29, 0.717) is 37.4 Å². The van der Waals surface area contributed by atoms with Crippen molar-refractivity contribution in [3.05, 3.63) is 121 Å². The van der Waals surface area contributed by atoms with Gasteiger partial charge in [0.2, 0.25) is 11.8 Å². The lowest BCUT2D eigenvalue weighted by Crippen LogP contribution is -2.59. The first-order valence-corrected chi connectivity index (χ1v) is 17.8. The normalized spacial score (nSPS) is 25.8. The molecular weight excluding hydrogens is 635 g/mol. The van der Waals surface area contributed by atoms with E-state index in [-0.39, 0.29) is 42.0 Å². The number of rotatable bonds is 14. The van der Waals surface area contributed by atoms with Gasteiger partial charge in [-0.25, -0.2) is 0 Å². The summed E-state index contributed by atoms with van der Waals surface area (Å²) in [5.41, 5.74) is 2.59. The van der Waals surface area contributed by atoms with Crippen LogP contribution in [0.3, 0.4) is 0 Å². The zero-order valence-electron chi connectivity index (χ0n) is 28.2. The van der Waals surface area contributed by atoms with Crippen LogP contribution in [0.4, 0.5) is 5.69 Å². The Balaban J connectivity index is 1.44. The Morgan fingerprint density at radius 1 is 0.980 bits per heavy atom. The summed E-state index contributed by atoms with van der Waals surface area (Å²) in [6, 6.07) is 25.2. The molecule has 256 valence electrons. The maximum absolute atomic E-state index is 15.2. The fourth-order valence-electron chi connectivity index (χ4n) is 8.32. The standard InChI is InChI=1S/C40H45N3O5S/c1-5-21-41(25-29-15-11-8-12-16-29)37(45)34-33-23-27(3)40(49-33)35(34)38(46)43(31(26-44)24-28-13-9-7-10-14-28)36(40)39(47)42(22-6-2)30-17-19-32(48-4)20-18-30/h5-20,27,31,33-36,44H,1-2,21-26H2,3-4H3/t27?,31-,33+,34-,35+,36?,40?/m1/s1. The molecule has 3 aliphatic rings. The van der Waals surface area contributed by atoms with Crippen molar-refractivity contribution in [1.82, 2.24) is 9.80 Å². The van der Waals surface area contributed by atoms with Gasteiger partial charge in [0.25, 0.3) is 5.91 Å². The molecule has 0 aromatic heterocycles. The predicted octanol–water partition coefficient (Wildman–Crippen LogP) is 5.37. The molecule has 3 aromatic carbocycles. The van der Waals surface area contributed by atoms with Crippen LogP contribution in [0.2, 0.25) is 0 Å². The Bertz CT molecular complexity index is 1670. The van der Waals surface area contributed by atoms with Gasteiger partial charge in [-0.3, -0.25) is 14.4 Å². The zero-order chi connectivity index (χ0) is 34.7. The monoisotopic (exact) mass is 679 g/mol. The number of benzene rings is 3. The highest BCUT2D eigenvalue weighted by molar-refractivity contribution is 8.02. The molecule has 0 aliphatic carbocycles. The Morgan fingerprint density at radius 3 is 2.20 bits per heavy atom. The van der Waals surface area contributed by atoms with Gasteiger partial charge in [-0.2, -0.15) is 0 Å². The molecule has 49 heavy (non-hydrogen) atoms. The molecule has 3 fully saturated rings. The maximum Gasteiger partial charge on any atom is 0.251 e. The topological polar surface area (TPSA) is 90.4 Å². The molecule has 1 spiro atoms. The van der Waals surface area contributed by atoms with E-state index in [4.69, 9.17) is 4.74 Å². The average Bonchev–Trinajstić information content (AvgIpc) is 3.73. The number of thioether (sulfide) groups is 1. The predicted molar refractivity (Wildman–Crippen MR) is 194 cm³/mol. The van der Waals surface area contributed by atoms with Crippen molar-refractivity contribution in [1.29, 1.82) is 0 Å². The fourth-order valence-corrected chi connectivity index (χ4v) is 10.7. The van der Waals surface area contributed by atoms with E-state index in [2.05, 4.69) is 20.1 Å². The number of methoxy groups -OCH3 is 1. The largest absolute Gasteiger partial charge is 0.497 e. The Kier molecular flexibility index (Phi) is 10.3. The molecule has 6 rings (SSSR count). The number of aliphatic hydroxyl groups excluding tert-OH is 1. The highest BCUT2D eigenvalue weighted by Gasteiger charge is 2.77. The maximum atomic E-state index is 15.2. The van der Waals surface area contributed by atoms with Crippen molar-refractivity contribution in [2.45, 2.75) is 48.4 Å². The van der Waals surface area contributed by atoms with Crippen molar-refractivity contribution >= 4 is 35.2 Å². The summed E-state index contributed by atoms with van der Waals surface area (Å²) in [4.78, 5) is 50.1. The second-order valence-corrected chi connectivity index (χ2v) is 14.8. The van der Waals surface area contributed by atoms with E-state index >= 15 is 9.59 Å². The lowest BCUT2D eigenvalue weighted by atomic mass is 9.65. The molecule has 2 bridgehead atoms. The Hall–Kier alpha value is -4.34. The molecule has 3 aliphatic heterocycles. The summed E-state index contributed by atoms with van der Waals surface area (Å²) in [6.45, 7) is 10.6. The molecular formula is C40H45N3O5S. The number of aliphatic hydroxyl groups is 1. The van der Waals surface area contributed by atoms with Gasteiger partial charge in [-0.1, -0.05) is 79.7 Å². The Morgan fingerprint density at radius 2 is 1.61 bits per heavy atom. The molecule has 3 saturated heterocycles. The first-order chi connectivity index (χ1) is 23.8. The number of nitrogens with zero attached hydrogens (tertiary/aromatic N) is 3. The van der Waals surface area contributed by atoms with Gasteiger partial charge in [0.05, 0.1) is 36.3 Å². The van der Waals surface area contributed by atoms with Gasteiger partial charge in [-0.05, 0) is 54.2 Å². The van der Waals surface area contributed by atoms with Gasteiger partial charge >= 0.3 is 0 Å². The number of hydrogen-bond donors (Lipinski definition) is 1. The van der Waals surface area contributed by atoms with Crippen molar-refractivity contribution in [2.24, 2.45) is 17.8 Å². The molecule has 3 aromatic rings. The Labute approximate surface area is 293 Å². The van der Waals surface area contributed by atoms with Crippen LogP contribution < -0.4 is 9.64 Å². The highest BCUT2D eigenvalue weighted by Crippen LogP contribution is 2.69. The van der Waals surface area contributed by atoms with E-state index in [9.17, 15) is 9.90 Å². The third kappa shape index (κ3) is 6.19. The summed E-state index contributed by atoms with van der Waals surface area (Å²) in [5.74, 6) is -1.27. The molecule has 0 radical (unpaired) electrons. The lowest BCUT2D eigenvalue weighted by molar-refractivity contribution is -0.145. The van der Waals surface area contributed by atoms with E-state index in [1.807, 2.05) is 72.8 Å². The van der Waals surface area contributed by atoms with Crippen molar-refractivity contribution < 1.29 is 24.2 Å². The van der Waals surface area contributed by atoms with Crippen molar-refractivity contribution in [3.8, 4) is 5.75 Å². The van der Waals surface area contributed by atoms with Crippen LogP contribution in [0.5, 0.6) is 5.75 Å². The number of amides is 3. The number of hydrogen-bond acceptors (Lipinski definition) is 6. The number of anilines is 1. The molecule has 3 amide bonds. The summed E-state index contributed by atoms with van der Waals surface area (Å²) < 4.78 is 4.51. The third-order valence-corrected chi connectivity index (χ3v) is 12.5. The van der Waals surface area contributed by atoms with Gasteiger partial charge < -0.3 is 24.5 Å². The average molecular weight is 680 g/mol. The van der Waals surface area contributed by atoms with Gasteiger partial charge in [0.1, 0.15) is 11.8 Å². The highest BCUT2D eigenvalue weighted by atomic mass is 32.2. The minimum Gasteiger partial charge on any atom is -0.497 e. The second kappa shape index (κ2) is 14.6. The van der Waals surface area contributed by atoms with Crippen molar-refractivity contribution in [3.63, 3.8) is 0 Å². The molecule has 3 unspecified atom stereocenters. The van der Waals surface area contributed by atoms with Crippen LogP contribution in [0.15, 0.2) is 110 Å².